The van der Waals surface area contributed by atoms with Gasteiger partial charge in [0.15, 0.2) is 0 Å². The number of esters is 1. The van der Waals surface area contributed by atoms with E-state index in [4.69, 9.17) is 4.74 Å². The minimum atomic E-state index is -3.71. The molecule has 2 rings (SSSR count). The Balaban J connectivity index is 2.25. The molecule has 0 saturated heterocycles. The Morgan fingerprint density at radius 2 is 1.72 bits per heavy atom. The molecule has 0 atom stereocenters. The van der Waals surface area contributed by atoms with Gasteiger partial charge in [-0.1, -0.05) is 32.0 Å². The second-order valence-electron chi connectivity index (χ2n) is 5.21. The van der Waals surface area contributed by atoms with Gasteiger partial charge in [-0.15, -0.1) is 0 Å². The minimum absolute atomic E-state index is 0.0386. The fourth-order valence-corrected chi connectivity index (χ4v) is 3.77. The highest BCUT2D eigenvalue weighted by atomic mass is 32.2. The third kappa shape index (κ3) is 4.55. The van der Waals surface area contributed by atoms with Gasteiger partial charge in [0.1, 0.15) is 12.3 Å². The summed E-state index contributed by atoms with van der Waals surface area (Å²) in [5.74, 6) is -0.307. The van der Waals surface area contributed by atoms with Crippen molar-refractivity contribution < 1.29 is 17.9 Å². The molecule has 1 aromatic heterocycles. The molecular weight excluding hydrogens is 344 g/mol. The Bertz CT molecular complexity index is 887. The molecule has 0 saturated carbocycles. The zero-order valence-corrected chi connectivity index (χ0v) is 14.9. The SMILES string of the molecule is CCN(CC)S(=O)(=O)c1ccc(=O)n(CC(=O)Oc2ccccc2)c1. The molecule has 134 valence electrons. The first-order valence-corrected chi connectivity index (χ1v) is 9.28. The summed E-state index contributed by atoms with van der Waals surface area (Å²) in [6.45, 7) is 3.71. The van der Waals surface area contributed by atoms with Crippen LogP contribution in [0.1, 0.15) is 13.8 Å². The van der Waals surface area contributed by atoms with Gasteiger partial charge in [-0.2, -0.15) is 4.31 Å². The predicted molar refractivity (Wildman–Crippen MR) is 92.9 cm³/mol. The third-order valence-corrected chi connectivity index (χ3v) is 5.61. The lowest BCUT2D eigenvalue weighted by Crippen LogP contribution is -2.32. The summed E-state index contributed by atoms with van der Waals surface area (Å²) in [6, 6.07) is 10.8. The molecule has 0 aliphatic carbocycles. The first kappa shape index (κ1) is 18.9. The topological polar surface area (TPSA) is 85.7 Å². The molecule has 2 aromatic rings. The second kappa shape index (κ2) is 8.09. The maximum absolute atomic E-state index is 12.5. The quantitative estimate of drug-likeness (QED) is 0.549. The highest BCUT2D eigenvalue weighted by Crippen LogP contribution is 2.14. The van der Waals surface area contributed by atoms with Gasteiger partial charge < -0.3 is 9.30 Å². The van der Waals surface area contributed by atoms with Gasteiger partial charge in [0.05, 0.1) is 4.90 Å². The fraction of sp³-hybridized carbons (Fsp3) is 0.294. The number of carbonyl (C=O) groups excluding carboxylic acids is 1. The number of para-hydroxylation sites is 1. The van der Waals surface area contributed by atoms with Crippen molar-refractivity contribution in [1.82, 2.24) is 8.87 Å². The Hall–Kier alpha value is -2.45. The maximum Gasteiger partial charge on any atom is 0.331 e. The van der Waals surface area contributed by atoms with Crippen LogP contribution in [0.4, 0.5) is 0 Å². The van der Waals surface area contributed by atoms with Crippen molar-refractivity contribution in [2.24, 2.45) is 0 Å². The van der Waals surface area contributed by atoms with Gasteiger partial charge in [-0.3, -0.25) is 4.79 Å². The Kier molecular flexibility index (Phi) is 6.11. The van der Waals surface area contributed by atoms with E-state index >= 15 is 0 Å². The van der Waals surface area contributed by atoms with Crippen molar-refractivity contribution in [3.05, 3.63) is 59.0 Å². The van der Waals surface area contributed by atoms with Crippen LogP contribution in [-0.4, -0.2) is 36.3 Å². The number of pyridine rings is 1. The van der Waals surface area contributed by atoms with Crippen molar-refractivity contribution in [1.29, 1.82) is 0 Å². The van der Waals surface area contributed by atoms with Crippen LogP contribution in [0.3, 0.4) is 0 Å². The number of rotatable bonds is 7. The molecule has 0 radical (unpaired) electrons. The van der Waals surface area contributed by atoms with Crippen LogP contribution in [-0.2, 0) is 21.4 Å². The zero-order valence-electron chi connectivity index (χ0n) is 14.1. The average molecular weight is 364 g/mol. The van der Waals surface area contributed by atoms with E-state index in [1.54, 1.807) is 44.2 Å². The molecule has 1 aromatic carbocycles. The largest absolute Gasteiger partial charge is 0.425 e. The third-order valence-electron chi connectivity index (χ3n) is 3.57. The van der Waals surface area contributed by atoms with Crippen molar-refractivity contribution in [2.45, 2.75) is 25.3 Å². The van der Waals surface area contributed by atoms with Crippen LogP contribution < -0.4 is 10.3 Å². The minimum Gasteiger partial charge on any atom is -0.425 e. The normalized spacial score (nSPS) is 11.5. The zero-order chi connectivity index (χ0) is 18.4. The summed E-state index contributed by atoms with van der Waals surface area (Å²) in [4.78, 5) is 23.9. The van der Waals surface area contributed by atoms with E-state index in [2.05, 4.69) is 0 Å². The van der Waals surface area contributed by atoms with Gasteiger partial charge >= 0.3 is 5.97 Å². The highest BCUT2D eigenvalue weighted by molar-refractivity contribution is 7.89. The van der Waals surface area contributed by atoms with E-state index in [0.717, 1.165) is 10.6 Å². The first-order valence-electron chi connectivity index (χ1n) is 7.84. The molecule has 1 heterocycles. The van der Waals surface area contributed by atoms with Crippen LogP contribution in [0.25, 0.3) is 0 Å². The van der Waals surface area contributed by atoms with E-state index < -0.39 is 21.6 Å². The Morgan fingerprint density at radius 1 is 1.08 bits per heavy atom. The van der Waals surface area contributed by atoms with Gasteiger partial charge in [-0.25, -0.2) is 13.2 Å². The fourth-order valence-electron chi connectivity index (χ4n) is 2.29. The molecule has 0 unspecified atom stereocenters. The van der Waals surface area contributed by atoms with E-state index in [9.17, 15) is 18.0 Å². The maximum atomic E-state index is 12.5. The standard InChI is InChI=1S/C17H20N2O5S/c1-3-19(4-2)25(22,23)15-10-11-16(20)18(12-15)13-17(21)24-14-8-6-5-7-9-14/h5-12H,3-4,13H2,1-2H3. The number of aromatic nitrogens is 1. The molecular formula is C17H20N2O5S. The molecule has 0 spiro atoms. The van der Waals surface area contributed by atoms with Crippen molar-refractivity contribution in [3.63, 3.8) is 0 Å². The van der Waals surface area contributed by atoms with Crippen LogP contribution in [0.15, 0.2) is 58.4 Å². The molecule has 0 N–H and O–H groups in total. The summed E-state index contributed by atoms with van der Waals surface area (Å²) in [6.07, 6.45) is 1.17. The second-order valence-corrected chi connectivity index (χ2v) is 7.15. The molecule has 7 nitrogen and oxygen atoms in total. The average Bonchev–Trinajstić information content (AvgIpc) is 2.58. The smallest absolute Gasteiger partial charge is 0.331 e. The number of benzene rings is 1. The molecule has 0 aliphatic rings. The van der Waals surface area contributed by atoms with Gasteiger partial charge in [0, 0.05) is 25.4 Å². The summed E-state index contributed by atoms with van der Waals surface area (Å²) < 4.78 is 32.5. The van der Waals surface area contributed by atoms with Crippen LogP contribution in [0.5, 0.6) is 5.75 Å². The van der Waals surface area contributed by atoms with Gasteiger partial charge in [0.25, 0.3) is 5.56 Å². The van der Waals surface area contributed by atoms with E-state index in [1.165, 1.54) is 16.6 Å². The van der Waals surface area contributed by atoms with E-state index in [1.807, 2.05) is 0 Å². The summed E-state index contributed by atoms with van der Waals surface area (Å²) >= 11 is 0. The van der Waals surface area contributed by atoms with Crippen molar-refractivity contribution in [2.75, 3.05) is 13.1 Å². The Labute approximate surface area is 146 Å². The Morgan fingerprint density at radius 3 is 2.32 bits per heavy atom. The van der Waals surface area contributed by atoms with Crippen molar-refractivity contribution >= 4 is 16.0 Å². The van der Waals surface area contributed by atoms with Gasteiger partial charge in [-0.05, 0) is 18.2 Å². The molecule has 0 aliphatic heterocycles. The lowest BCUT2D eigenvalue weighted by atomic mass is 10.3. The lowest BCUT2D eigenvalue weighted by molar-refractivity contribution is -0.135. The number of hydrogen-bond acceptors (Lipinski definition) is 5. The number of ether oxygens (including phenoxy) is 1. The molecule has 0 bridgehead atoms. The van der Waals surface area contributed by atoms with Crippen molar-refractivity contribution in [3.8, 4) is 5.75 Å². The number of hydrogen-bond donors (Lipinski definition) is 0. The number of carbonyl (C=O) groups is 1. The highest BCUT2D eigenvalue weighted by Gasteiger charge is 2.22. The molecule has 0 fully saturated rings. The molecule has 25 heavy (non-hydrogen) atoms. The molecule has 8 heteroatoms. The summed E-state index contributed by atoms with van der Waals surface area (Å²) in [5, 5.41) is 0. The summed E-state index contributed by atoms with van der Waals surface area (Å²) in [7, 11) is -3.71. The number of nitrogens with zero attached hydrogens (tertiary/aromatic N) is 2. The molecule has 0 amide bonds. The predicted octanol–water partition coefficient (Wildman–Crippen LogP) is 1.48. The lowest BCUT2D eigenvalue weighted by Gasteiger charge is -2.18. The van der Waals surface area contributed by atoms with Crippen LogP contribution in [0.2, 0.25) is 0 Å². The van der Waals surface area contributed by atoms with Gasteiger partial charge in [0.2, 0.25) is 10.0 Å². The van der Waals surface area contributed by atoms with E-state index in [-0.39, 0.29) is 11.4 Å². The van der Waals surface area contributed by atoms with Crippen LogP contribution >= 0.6 is 0 Å². The first-order chi connectivity index (χ1) is 11.9. The van der Waals surface area contributed by atoms with E-state index in [0.29, 0.717) is 18.8 Å². The van der Waals surface area contributed by atoms with Crippen LogP contribution in [0, 0.1) is 0 Å². The number of sulfonamides is 1. The monoisotopic (exact) mass is 364 g/mol. The summed E-state index contributed by atoms with van der Waals surface area (Å²) in [5.41, 5.74) is -0.483.